The zero-order valence-corrected chi connectivity index (χ0v) is 12.1. The van der Waals surface area contributed by atoms with Gasteiger partial charge >= 0.3 is 0 Å². The highest BCUT2D eigenvalue weighted by Crippen LogP contribution is 2.25. The van der Waals surface area contributed by atoms with Gasteiger partial charge in [-0.25, -0.2) is 0 Å². The van der Waals surface area contributed by atoms with Crippen LogP contribution in [0.15, 0.2) is 18.2 Å². The number of nitrogens with zero attached hydrogens (tertiary/aromatic N) is 1. The first kappa shape index (κ1) is 14.7. The molecule has 2 N–H and O–H groups in total. The second kappa shape index (κ2) is 6.61. The normalized spacial score (nSPS) is 18.6. The highest BCUT2D eigenvalue weighted by Gasteiger charge is 2.26. The fraction of sp³-hybridized carbons (Fsp3) is 0.533. The van der Waals surface area contributed by atoms with Gasteiger partial charge in [-0.1, -0.05) is 0 Å². The maximum Gasteiger partial charge on any atom is 0.258 e. The van der Waals surface area contributed by atoms with E-state index in [1.807, 2.05) is 11.8 Å². The molecule has 5 heteroatoms. The average molecular weight is 278 g/mol. The number of rotatable bonds is 4. The summed E-state index contributed by atoms with van der Waals surface area (Å²) in [6.45, 7) is 4.41. The average Bonchev–Trinajstić information content (AvgIpc) is 2.49. The molecule has 0 aliphatic carbocycles. The van der Waals surface area contributed by atoms with E-state index in [0.717, 1.165) is 25.9 Å². The van der Waals surface area contributed by atoms with Crippen molar-refractivity contribution in [1.29, 1.82) is 0 Å². The van der Waals surface area contributed by atoms with Gasteiger partial charge in [0.25, 0.3) is 5.91 Å². The molecule has 0 saturated carbocycles. The molecule has 1 fully saturated rings. The molecule has 20 heavy (non-hydrogen) atoms. The minimum absolute atomic E-state index is 0.00183. The number of likely N-dealkylation sites (N-methyl/N-ethyl adjacent to an activating group) is 1. The Hall–Kier alpha value is -1.75. The summed E-state index contributed by atoms with van der Waals surface area (Å²) in [5, 5.41) is 13.2. The summed E-state index contributed by atoms with van der Waals surface area (Å²) in [7, 11) is 1.54. The summed E-state index contributed by atoms with van der Waals surface area (Å²) in [6.07, 6.45) is 2.07. The summed E-state index contributed by atoms with van der Waals surface area (Å²) in [5.74, 6) is 0.430. The van der Waals surface area contributed by atoms with Crippen molar-refractivity contribution in [2.24, 2.45) is 0 Å². The lowest BCUT2D eigenvalue weighted by molar-refractivity contribution is 0.0658. The van der Waals surface area contributed by atoms with Crippen molar-refractivity contribution in [1.82, 2.24) is 10.2 Å². The van der Waals surface area contributed by atoms with Crippen LogP contribution in [0.4, 0.5) is 0 Å². The minimum Gasteiger partial charge on any atom is -0.507 e. The van der Waals surface area contributed by atoms with E-state index in [4.69, 9.17) is 4.74 Å². The molecule has 110 valence electrons. The van der Waals surface area contributed by atoms with Crippen LogP contribution in [0.5, 0.6) is 11.5 Å². The number of benzene rings is 1. The van der Waals surface area contributed by atoms with Crippen LogP contribution in [-0.2, 0) is 0 Å². The third-order valence-corrected chi connectivity index (χ3v) is 3.75. The van der Waals surface area contributed by atoms with Crippen molar-refractivity contribution in [3.8, 4) is 11.5 Å². The number of phenolic OH excluding ortho intramolecular Hbond substituents is 1. The lowest BCUT2D eigenvalue weighted by Crippen LogP contribution is -2.48. The molecule has 0 spiro atoms. The fourth-order valence-corrected chi connectivity index (χ4v) is 2.64. The predicted molar refractivity (Wildman–Crippen MR) is 77.3 cm³/mol. The van der Waals surface area contributed by atoms with Gasteiger partial charge in [-0.3, -0.25) is 4.79 Å². The standard InChI is InChI=1S/C15H22N2O3/c1-3-17(11-5-4-8-16-10-11)15(19)13-9-12(20-2)6-7-14(13)18/h6-7,9,11,16,18H,3-5,8,10H2,1-2H3. The molecule has 0 aromatic heterocycles. The Morgan fingerprint density at radius 1 is 1.55 bits per heavy atom. The molecule has 0 radical (unpaired) electrons. The first-order chi connectivity index (χ1) is 9.67. The van der Waals surface area contributed by atoms with Crippen molar-refractivity contribution in [3.63, 3.8) is 0 Å². The Bertz CT molecular complexity index is 470. The van der Waals surface area contributed by atoms with Gasteiger partial charge in [0.05, 0.1) is 12.7 Å². The summed E-state index contributed by atoms with van der Waals surface area (Å²) >= 11 is 0. The summed E-state index contributed by atoms with van der Waals surface area (Å²) in [5.41, 5.74) is 0.303. The number of amides is 1. The molecule has 1 unspecified atom stereocenters. The van der Waals surface area contributed by atoms with Gasteiger partial charge in [-0.2, -0.15) is 0 Å². The predicted octanol–water partition coefficient (Wildman–Crippen LogP) is 1.61. The van der Waals surface area contributed by atoms with E-state index in [1.165, 1.54) is 6.07 Å². The maximum atomic E-state index is 12.6. The monoisotopic (exact) mass is 278 g/mol. The fourth-order valence-electron chi connectivity index (χ4n) is 2.64. The zero-order chi connectivity index (χ0) is 14.5. The molecule has 1 heterocycles. The molecular weight excluding hydrogens is 256 g/mol. The number of ether oxygens (including phenoxy) is 1. The van der Waals surface area contributed by atoms with E-state index < -0.39 is 0 Å². The third kappa shape index (κ3) is 3.04. The van der Waals surface area contributed by atoms with Crippen LogP contribution in [0.25, 0.3) is 0 Å². The van der Waals surface area contributed by atoms with Gasteiger partial charge in [-0.05, 0) is 44.5 Å². The van der Waals surface area contributed by atoms with Crippen LogP contribution in [0.2, 0.25) is 0 Å². The molecule has 1 aromatic rings. The maximum absolute atomic E-state index is 12.6. The van der Waals surface area contributed by atoms with Crippen LogP contribution in [-0.4, -0.2) is 48.7 Å². The van der Waals surface area contributed by atoms with Crippen molar-refractivity contribution in [3.05, 3.63) is 23.8 Å². The molecule has 2 rings (SSSR count). The Balaban J connectivity index is 2.23. The van der Waals surface area contributed by atoms with Crippen molar-refractivity contribution < 1.29 is 14.6 Å². The molecule has 1 aliphatic heterocycles. The van der Waals surface area contributed by atoms with Gasteiger partial charge < -0.3 is 20.1 Å². The minimum atomic E-state index is -0.141. The first-order valence-electron chi connectivity index (χ1n) is 7.06. The van der Waals surface area contributed by atoms with Crippen molar-refractivity contribution >= 4 is 5.91 Å². The van der Waals surface area contributed by atoms with Crippen LogP contribution < -0.4 is 10.1 Å². The lowest BCUT2D eigenvalue weighted by atomic mass is 10.0. The molecule has 1 saturated heterocycles. The largest absolute Gasteiger partial charge is 0.507 e. The molecule has 1 aromatic carbocycles. The van der Waals surface area contributed by atoms with E-state index in [1.54, 1.807) is 19.2 Å². The Labute approximate surface area is 119 Å². The van der Waals surface area contributed by atoms with E-state index in [-0.39, 0.29) is 17.7 Å². The Morgan fingerprint density at radius 3 is 2.95 bits per heavy atom. The molecule has 0 bridgehead atoms. The van der Waals surface area contributed by atoms with Crippen LogP contribution in [0.3, 0.4) is 0 Å². The zero-order valence-electron chi connectivity index (χ0n) is 12.1. The quantitative estimate of drug-likeness (QED) is 0.878. The first-order valence-corrected chi connectivity index (χ1v) is 7.06. The highest BCUT2D eigenvalue weighted by molar-refractivity contribution is 5.97. The van der Waals surface area contributed by atoms with Gasteiger partial charge in [0.15, 0.2) is 0 Å². The SMILES string of the molecule is CCN(C(=O)c1cc(OC)ccc1O)C1CCCNC1. The molecule has 5 nitrogen and oxygen atoms in total. The second-order valence-electron chi connectivity index (χ2n) is 4.97. The van der Waals surface area contributed by atoms with Crippen LogP contribution in [0.1, 0.15) is 30.1 Å². The van der Waals surface area contributed by atoms with Crippen molar-refractivity contribution in [2.75, 3.05) is 26.7 Å². The highest BCUT2D eigenvalue weighted by atomic mass is 16.5. The lowest BCUT2D eigenvalue weighted by Gasteiger charge is -2.34. The second-order valence-corrected chi connectivity index (χ2v) is 4.97. The molecular formula is C15H22N2O3. The number of nitrogens with one attached hydrogen (secondary N) is 1. The number of aromatic hydroxyl groups is 1. The molecule has 1 aliphatic rings. The Kier molecular flexibility index (Phi) is 4.84. The number of piperidine rings is 1. The summed E-state index contributed by atoms with van der Waals surface area (Å²) in [6, 6.07) is 4.92. The number of carbonyl (C=O) groups excluding carboxylic acids is 1. The topological polar surface area (TPSA) is 61.8 Å². The smallest absolute Gasteiger partial charge is 0.258 e. The van der Waals surface area contributed by atoms with E-state index >= 15 is 0 Å². The summed E-state index contributed by atoms with van der Waals surface area (Å²) < 4.78 is 5.12. The number of hydrogen-bond acceptors (Lipinski definition) is 4. The van der Waals surface area contributed by atoms with Gasteiger partial charge in [0, 0.05) is 19.1 Å². The number of carbonyl (C=O) groups is 1. The molecule has 1 amide bonds. The Morgan fingerprint density at radius 2 is 2.35 bits per heavy atom. The van der Waals surface area contributed by atoms with E-state index in [9.17, 15) is 9.90 Å². The van der Waals surface area contributed by atoms with E-state index in [2.05, 4.69) is 5.32 Å². The van der Waals surface area contributed by atoms with Gasteiger partial charge in [0.1, 0.15) is 11.5 Å². The third-order valence-electron chi connectivity index (χ3n) is 3.75. The molecule has 1 atom stereocenters. The van der Waals surface area contributed by atoms with Crippen molar-refractivity contribution in [2.45, 2.75) is 25.8 Å². The number of methoxy groups -OCH3 is 1. The van der Waals surface area contributed by atoms with E-state index in [0.29, 0.717) is 17.9 Å². The van der Waals surface area contributed by atoms with Gasteiger partial charge in [-0.15, -0.1) is 0 Å². The number of phenols is 1. The van der Waals surface area contributed by atoms with Gasteiger partial charge in [0.2, 0.25) is 0 Å². The number of hydrogen-bond donors (Lipinski definition) is 2. The van der Waals surface area contributed by atoms with Crippen LogP contribution in [0, 0.1) is 0 Å². The van der Waals surface area contributed by atoms with Crippen LogP contribution >= 0.6 is 0 Å². The summed E-state index contributed by atoms with van der Waals surface area (Å²) in [4.78, 5) is 14.5.